The predicted molar refractivity (Wildman–Crippen MR) is 46.1 cm³/mol. The number of aromatic hydroxyl groups is 1. The molecule has 0 saturated heterocycles. The highest BCUT2D eigenvalue weighted by atomic mass is 32.2. The average Bonchev–Trinajstić information content (AvgIpc) is 2.01. The molecule has 0 aromatic heterocycles. The zero-order valence-corrected chi connectivity index (χ0v) is 7.56. The lowest BCUT2D eigenvalue weighted by atomic mass is 10.3. The first-order valence-corrected chi connectivity index (χ1v) is 4.87. The molecular formula is C6H6N2O5S. The number of nitro groups is 1. The van der Waals surface area contributed by atoms with E-state index >= 15 is 0 Å². The van der Waals surface area contributed by atoms with Crippen molar-refractivity contribution in [1.82, 2.24) is 0 Å². The van der Waals surface area contributed by atoms with Crippen LogP contribution in [0.25, 0.3) is 0 Å². The van der Waals surface area contributed by atoms with E-state index < -0.39 is 31.3 Å². The molecule has 1 rings (SSSR count). The van der Waals surface area contributed by atoms with E-state index in [2.05, 4.69) is 0 Å². The summed E-state index contributed by atoms with van der Waals surface area (Å²) in [4.78, 5) is 8.79. The van der Waals surface area contributed by atoms with Gasteiger partial charge in [0.25, 0.3) is 5.69 Å². The van der Waals surface area contributed by atoms with E-state index in [1.807, 2.05) is 0 Å². The summed E-state index contributed by atoms with van der Waals surface area (Å²) < 4.78 is 21.7. The highest BCUT2D eigenvalue weighted by molar-refractivity contribution is 7.89. The van der Waals surface area contributed by atoms with Crippen molar-refractivity contribution in [1.29, 1.82) is 0 Å². The van der Waals surface area contributed by atoms with Gasteiger partial charge in [0.15, 0.2) is 4.90 Å². The Morgan fingerprint density at radius 3 is 2.43 bits per heavy atom. The highest BCUT2D eigenvalue weighted by Crippen LogP contribution is 2.26. The molecule has 0 atom stereocenters. The third-order valence-corrected chi connectivity index (χ3v) is 2.39. The average molecular weight is 218 g/mol. The number of primary sulfonamides is 1. The molecule has 1 aromatic rings. The molecule has 0 aliphatic rings. The second-order valence-electron chi connectivity index (χ2n) is 2.45. The molecule has 3 N–H and O–H groups in total. The van der Waals surface area contributed by atoms with Gasteiger partial charge in [-0.3, -0.25) is 10.1 Å². The summed E-state index contributed by atoms with van der Waals surface area (Å²) in [6.07, 6.45) is 0. The van der Waals surface area contributed by atoms with Gasteiger partial charge in [0, 0.05) is 12.1 Å². The van der Waals surface area contributed by atoms with Crippen molar-refractivity contribution in [3.05, 3.63) is 28.3 Å². The molecule has 0 amide bonds. The number of rotatable bonds is 2. The number of hydrogen-bond donors (Lipinski definition) is 2. The number of hydrogen-bond acceptors (Lipinski definition) is 5. The van der Waals surface area contributed by atoms with Crippen molar-refractivity contribution < 1.29 is 18.4 Å². The molecular weight excluding hydrogens is 212 g/mol. The lowest BCUT2D eigenvalue weighted by Crippen LogP contribution is -2.14. The first-order chi connectivity index (χ1) is 6.32. The first kappa shape index (κ1) is 10.4. The third-order valence-electron chi connectivity index (χ3n) is 1.45. The minimum Gasteiger partial charge on any atom is -0.508 e. The molecule has 0 heterocycles. The van der Waals surface area contributed by atoms with Gasteiger partial charge in [-0.25, -0.2) is 13.6 Å². The van der Waals surface area contributed by atoms with Crippen LogP contribution in [0.4, 0.5) is 5.69 Å². The second-order valence-corrected chi connectivity index (χ2v) is 3.98. The minimum absolute atomic E-state index is 0.403. The van der Waals surface area contributed by atoms with Gasteiger partial charge in [-0.15, -0.1) is 0 Å². The topological polar surface area (TPSA) is 124 Å². The van der Waals surface area contributed by atoms with Crippen LogP contribution in [0.2, 0.25) is 0 Å². The standard InChI is InChI=1S/C6H6N2O5S/c7-14(12,13)6-3-4(9)1-2-5(6)8(10)11/h1-3,9H,(H2,7,12,13). The van der Waals surface area contributed by atoms with E-state index in [0.29, 0.717) is 0 Å². The molecule has 8 heteroatoms. The molecule has 0 aliphatic heterocycles. The van der Waals surface area contributed by atoms with Crippen LogP contribution >= 0.6 is 0 Å². The molecule has 0 unspecified atom stereocenters. The molecule has 0 radical (unpaired) electrons. The molecule has 0 fully saturated rings. The maximum absolute atomic E-state index is 10.9. The van der Waals surface area contributed by atoms with Crippen molar-refractivity contribution in [2.75, 3.05) is 0 Å². The molecule has 1 aromatic carbocycles. The van der Waals surface area contributed by atoms with Crippen molar-refractivity contribution in [3.8, 4) is 5.75 Å². The highest BCUT2D eigenvalue weighted by Gasteiger charge is 2.22. The molecule has 0 saturated carbocycles. The van der Waals surface area contributed by atoms with Crippen molar-refractivity contribution >= 4 is 15.7 Å². The van der Waals surface area contributed by atoms with E-state index in [9.17, 15) is 18.5 Å². The van der Waals surface area contributed by atoms with Crippen LogP contribution in [0.5, 0.6) is 5.75 Å². The summed E-state index contributed by atoms with van der Waals surface area (Å²) >= 11 is 0. The normalized spacial score (nSPS) is 11.2. The van der Waals surface area contributed by atoms with Gasteiger partial charge in [-0.05, 0) is 6.07 Å². The largest absolute Gasteiger partial charge is 0.508 e. The van der Waals surface area contributed by atoms with Crippen LogP contribution in [0.15, 0.2) is 23.1 Å². The lowest BCUT2D eigenvalue weighted by Gasteiger charge is -2.00. The van der Waals surface area contributed by atoms with Crippen molar-refractivity contribution in [2.24, 2.45) is 5.14 Å². The smallest absolute Gasteiger partial charge is 0.289 e. The van der Waals surface area contributed by atoms with Gasteiger partial charge in [0.2, 0.25) is 10.0 Å². The quantitative estimate of drug-likeness (QED) is 0.531. The molecule has 0 spiro atoms. The molecule has 14 heavy (non-hydrogen) atoms. The number of benzene rings is 1. The number of nitrogens with two attached hydrogens (primary N) is 1. The van der Waals surface area contributed by atoms with E-state index in [1.54, 1.807) is 0 Å². The van der Waals surface area contributed by atoms with Gasteiger partial charge >= 0.3 is 0 Å². The monoisotopic (exact) mass is 218 g/mol. The number of sulfonamides is 1. The molecule has 0 bridgehead atoms. The van der Waals surface area contributed by atoms with Crippen molar-refractivity contribution in [3.63, 3.8) is 0 Å². The summed E-state index contributed by atoms with van der Waals surface area (Å²) in [5.41, 5.74) is -0.662. The Labute approximate surface area is 79.0 Å². The lowest BCUT2D eigenvalue weighted by molar-refractivity contribution is -0.387. The molecule has 76 valence electrons. The van der Waals surface area contributed by atoms with Crippen LogP contribution in [-0.4, -0.2) is 18.4 Å². The van der Waals surface area contributed by atoms with E-state index in [0.717, 1.165) is 18.2 Å². The fourth-order valence-corrected chi connectivity index (χ4v) is 1.60. The molecule has 0 aliphatic carbocycles. The Bertz CT molecular complexity index is 481. The van der Waals surface area contributed by atoms with Crippen LogP contribution in [0.3, 0.4) is 0 Å². The van der Waals surface area contributed by atoms with Crippen molar-refractivity contribution in [2.45, 2.75) is 4.90 Å². The van der Waals surface area contributed by atoms with Crippen LogP contribution < -0.4 is 5.14 Å². The van der Waals surface area contributed by atoms with Crippen LogP contribution in [0.1, 0.15) is 0 Å². The van der Waals surface area contributed by atoms with Gasteiger partial charge in [-0.2, -0.15) is 0 Å². The number of nitro benzene ring substituents is 1. The fraction of sp³-hybridized carbons (Fsp3) is 0. The maximum atomic E-state index is 10.9. The van der Waals surface area contributed by atoms with E-state index in [1.165, 1.54) is 0 Å². The van der Waals surface area contributed by atoms with Crippen LogP contribution in [0, 0.1) is 10.1 Å². The van der Waals surface area contributed by atoms with E-state index in [-0.39, 0.29) is 0 Å². The number of nitrogens with zero attached hydrogens (tertiary/aromatic N) is 1. The Hall–Kier alpha value is -1.67. The summed E-state index contributed by atoms with van der Waals surface area (Å²) in [5.74, 6) is -0.403. The van der Waals surface area contributed by atoms with Gasteiger partial charge in [0.1, 0.15) is 5.75 Å². The Morgan fingerprint density at radius 1 is 1.43 bits per heavy atom. The zero-order chi connectivity index (χ0) is 10.9. The summed E-state index contributed by atoms with van der Waals surface area (Å²) in [6, 6.07) is 2.61. The summed E-state index contributed by atoms with van der Waals surface area (Å²) in [7, 11) is -4.20. The first-order valence-electron chi connectivity index (χ1n) is 3.32. The summed E-state index contributed by atoms with van der Waals surface area (Å²) in [5, 5.41) is 24.0. The second kappa shape index (κ2) is 3.24. The van der Waals surface area contributed by atoms with Gasteiger partial charge in [0.05, 0.1) is 4.92 Å². The number of phenols is 1. The zero-order valence-electron chi connectivity index (χ0n) is 6.75. The summed E-state index contributed by atoms with van der Waals surface area (Å²) in [6.45, 7) is 0. The molecule has 7 nitrogen and oxygen atoms in total. The Kier molecular flexibility index (Phi) is 2.41. The van der Waals surface area contributed by atoms with Crippen LogP contribution in [-0.2, 0) is 10.0 Å². The van der Waals surface area contributed by atoms with Gasteiger partial charge < -0.3 is 5.11 Å². The Morgan fingerprint density at radius 2 is 2.00 bits per heavy atom. The SMILES string of the molecule is NS(=O)(=O)c1cc(O)ccc1[N+](=O)[O-]. The van der Waals surface area contributed by atoms with E-state index in [4.69, 9.17) is 10.2 Å². The van der Waals surface area contributed by atoms with Gasteiger partial charge in [-0.1, -0.05) is 0 Å². The number of phenolic OH excluding ortho intramolecular Hbond substituents is 1. The third kappa shape index (κ3) is 1.98. The maximum Gasteiger partial charge on any atom is 0.289 e. The minimum atomic E-state index is -4.20. The Balaban J connectivity index is 3.54. The fourth-order valence-electron chi connectivity index (χ4n) is 0.882. The predicted octanol–water partition coefficient (Wildman–Crippen LogP) is -0.0522.